The summed E-state index contributed by atoms with van der Waals surface area (Å²) in [7, 11) is 0. The highest BCUT2D eigenvalue weighted by molar-refractivity contribution is 5.76. The van der Waals surface area contributed by atoms with E-state index in [0.29, 0.717) is 12.3 Å². The summed E-state index contributed by atoms with van der Waals surface area (Å²) in [5, 5.41) is 2.83. The molecule has 0 aromatic rings. The number of hydrogen-bond acceptors (Lipinski definition) is 2. The van der Waals surface area contributed by atoms with Gasteiger partial charge in [0.15, 0.2) is 0 Å². The molecule has 0 aliphatic rings. The van der Waals surface area contributed by atoms with Crippen LogP contribution in [0.4, 0.5) is 0 Å². The molecular formula is C10H22N2O. The Morgan fingerprint density at radius 1 is 1.31 bits per heavy atom. The molecule has 0 heterocycles. The lowest BCUT2D eigenvalue weighted by atomic mass is 10.0. The van der Waals surface area contributed by atoms with Crippen LogP contribution in [-0.2, 0) is 4.79 Å². The van der Waals surface area contributed by atoms with Gasteiger partial charge in [0.25, 0.3) is 0 Å². The van der Waals surface area contributed by atoms with Crippen molar-refractivity contribution >= 4 is 5.91 Å². The molecule has 0 aromatic heterocycles. The lowest BCUT2D eigenvalue weighted by Gasteiger charge is -2.14. The smallest absolute Gasteiger partial charge is 0.221 e. The van der Waals surface area contributed by atoms with E-state index in [1.54, 1.807) is 0 Å². The van der Waals surface area contributed by atoms with Gasteiger partial charge in [-0.05, 0) is 26.2 Å². The Hall–Kier alpha value is -0.570. The number of rotatable bonds is 5. The highest BCUT2D eigenvalue weighted by Gasteiger charge is 2.11. The molecule has 0 spiro atoms. The third kappa shape index (κ3) is 7.78. The first-order valence-corrected chi connectivity index (χ1v) is 4.96. The summed E-state index contributed by atoms with van der Waals surface area (Å²) in [6, 6.07) is 0.206. The summed E-state index contributed by atoms with van der Waals surface area (Å²) >= 11 is 0. The van der Waals surface area contributed by atoms with Crippen LogP contribution in [0.5, 0.6) is 0 Å². The molecule has 78 valence electrons. The van der Waals surface area contributed by atoms with E-state index in [2.05, 4.69) is 19.2 Å². The van der Waals surface area contributed by atoms with Gasteiger partial charge in [-0.25, -0.2) is 0 Å². The molecule has 0 aliphatic carbocycles. The predicted molar refractivity (Wildman–Crippen MR) is 55.3 cm³/mol. The maximum Gasteiger partial charge on any atom is 0.221 e. The van der Waals surface area contributed by atoms with Gasteiger partial charge in [-0.3, -0.25) is 4.79 Å². The van der Waals surface area contributed by atoms with Crippen molar-refractivity contribution in [1.29, 1.82) is 0 Å². The van der Waals surface area contributed by atoms with Gasteiger partial charge in [-0.15, -0.1) is 0 Å². The van der Waals surface area contributed by atoms with Gasteiger partial charge < -0.3 is 11.1 Å². The van der Waals surface area contributed by atoms with Gasteiger partial charge in [0.2, 0.25) is 5.91 Å². The number of nitrogens with one attached hydrogen (secondary N) is 1. The second-order valence-corrected chi connectivity index (χ2v) is 4.32. The van der Waals surface area contributed by atoms with Gasteiger partial charge in [0.05, 0.1) is 0 Å². The molecule has 13 heavy (non-hydrogen) atoms. The van der Waals surface area contributed by atoms with Crippen LogP contribution in [0.1, 0.15) is 40.5 Å². The number of carbonyl (C=O) groups is 1. The number of hydrogen-bond donors (Lipinski definition) is 2. The lowest BCUT2D eigenvalue weighted by molar-refractivity contribution is -0.121. The molecule has 1 atom stereocenters. The summed E-state index contributed by atoms with van der Waals surface area (Å²) in [6.07, 6.45) is 1.35. The number of carbonyl (C=O) groups excluding carboxylic acids is 1. The molecule has 0 saturated carbocycles. The van der Waals surface area contributed by atoms with Crippen molar-refractivity contribution in [2.45, 2.75) is 52.6 Å². The largest absolute Gasteiger partial charge is 0.354 e. The minimum atomic E-state index is -0.00116. The fourth-order valence-corrected chi connectivity index (χ4v) is 1.31. The van der Waals surface area contributed by atoms with Gasteiger partial charge in [-0.1, -0.05) is 13.8 Å². The molecule has 0 rings (SSSR count). The van der Waals surface area contributed by atoms with Gasteiger partial charge in [-0.2, -0.15) is 0 Å². The zero-order valence-corrected chi connectivity index (χ0v) is 9.13. The third-order valence-electron chi connectivity index (χ3n) is 1.67. The fourth-order valence-electron chi connectivity index (χ4n) is 1.31. The summed E-state index contributed by atoms with van der Waals surface area (Å²) in [4.78, 5) is 11.3. The van der Waals surface area contributed by atoms with Crippen LogP contribution in [0.25, 0.3) is 0 Å². The Morgan fingerprint density at radius 2 is 1.85 bits per heavy atom. The quantitative estimate of drug-likeness (QED) is 0.679. The van der Waals surface area contributed by atoms with Crippen molar-refractivity contribution in [2.24, 2.45) is 11.7 Å². The summed E-state index contributed by atoms with van der Waals surface area (Å²) in [6.45, 7) is 8.12. The normalized spacial score (nSPS) is 13.5. The van der Waals surface area contributed by atoms with Gasteiger partial charge in [0.1, 0.15) is 0 Å². The van der Waals surface area contributed by atoms with Gasteiger partial charge >= 0.3 is 0 Å². The van der Waals surface area contributed by atoms with E-state index in [0.717, 1.165) is 6.42 Å². The zero-order chi connectivity index (χ0) is 10.4. The van der Waals surface area contributed by atoms with E-state index in [1.807, 2.05) is 13.8 Å². The van der Waals surface area contributed by atoms with Crippen molar-refractivity contribution in [3.63, 3.8) is 0 Å². The SMILES string of the molecule is CC(C)C[C@H](N)CC(=O)NC(C)C. The maximum atomic E-state index is 11.3. The zero-order valence-electron chi connectivity index (χ0n) is 9.13. The van der Waals surface area contributed by atoms with Crippen LogP contribution in [0.15, 0.2) is 0 Å². The van der Waals surface area contributed by atoms with E-state index in [9.17, 15) is 4.79 Å². The van der Waals surface area contributed by atoms with Crippen molar-refractivity contribution in [3.8, 4) is 0 Å². The molecule has 0 aliphatic heterocycles. The summed E-state index contributed by atoms with van der Waals surface area (Å²) < 4.78 is 0. The minimum Gasteiger partial charge on any atom is -0.354 e. The highest BCUT2D eigenvalue weighted by Crippen LogP contribution is 2.05. The fraction of sp³-hybridized carbons (Fsp3) is 0.900. The molecule has 0 bridgehead atoms. The Bertz CT molecular complexity index is 155. The second-order valence-electron chi connectivity index (χ2n) is 4.32. The Labute approximate surface area is 81.1 Å². The van der Waals surface area contributed by atoms with E-state index in [4.69, 9.17) is 5.73 Å². The maximum absolute atomic E-state index is 11.3. The van der Waals surface area contributed by atoms with Crippen LogP contribution in [0.3, 0.4) is 0 Å². The molecule has 0 saturated heterocycles. The molecule has 3 heteroatoms. The van der Waals surface area contributed by atoms with Crippen LogP contribution < -0.4 is 11.1 Å². The Kier molecular flexibility index (Phi) is 5.71. The van der Waals surface area contributed by atoms with Gasteiger partial charge in [0, 0.05) is 18.5 Å². The molecule has 0 unspecified atom stereocenters. The monoisotopic (exact) mass is 186 g/mol. The molecule has 3 nitrogen and oxygen atoms in total. The Balaban J connectivity index is 3.65. The van der Waals surface area contributed by atoms with Crippen molar-refractivity contribution < 1.29 is 4.79 Å². The first kappa shape index (κ1) is 12.4. The summed E-state index contributed by atoms with van der Waals surface area (Å²) in [5.74, 6) is 0.616. The predicted octanol–water partition coefficient (Wildman–Crippen LogP) is 1.27. The van der Waals surface area contributed by atoms with E-state index in [-0.39, 0.29) is 18.0 Å². The molecular weight excluding hydrogens is 164 g/mol. The summed E-state index contributed by atoms with van der Waals surface area (Å²) in [5.41, 5.74) is 5.79. The molecule has 0 radical (unpaired) electrons. The third-order valence-corrected chi connectivity index (χ3v) is 1.67. The molecule has 0 aromatic carbocycles. The van der Waals surface area contributed by atoms with Crippen LogP contribution in [0, 0.1) is 5.92 Å². The Morgan fingerprint density at radius 3 is 2.23 bits per heavy atom. The average Bonchev–Trinajstić information content (AvgIpc) is 1.80. The van der Waals surface area contributed by atoms with Crippen LogP contribution in [0.2, 0.25) is 0 Å². The molecule has 3 N–H and O–H groups in total. The first-order chi connectivity index (χ1) is 5.91. The number of nitrogens with two attached hydrogens (primary N) is 1. The van der Waals surface area contributed by atoms with E-state index < -0.39 is 0 Å². The van der Waals surface area contributed by atoms with Crippen molar-refractivity contribution in [3.05, 3.63) is 0 Å². The first-order valence-electron chi connectivity index (χ1n) is 4.96. The lowest BCUT2D eigenvalue weighted by Crippen LogP contribution is -2.35. The van der Waals surface area contributed by atoms with Crippen molar-refractivity contribution in [2.75, 3.05) is 0 Å². The van der Waals surface area contributed by atoms with E-state index >= 15 is 0 Å². The van der Waals surface area contributed by atoms with Crippen molar-refractivity contribution in [1.82, 2.24) is 5.32 Å². The second kappa shape index (κ2) is 5.97. The van der Waals surface area contributed by atoms with E-state index in [1.165, 1.54) is 0 Å². The molecule has 1 amide bonds. The molecule has 0 fully saturated rings. The average molecular weight is 186 g/mol. The topological polar surface area (TPSA) is 55.1 Å². The minimum absolute atomic E-state index is 0.00116. The standard InChI is InChI=1S/C10H22N2O/c1-7(2)5-9(11)6-10(13)12-8(3)4/h7-9H,5-6,11H2,1-4H3,(H,12,13)/t9-/m0/s1. The van der Waals surface area contributed by atoms with Crippen LogP contribution in [-0.4, -0.2) is 18.0 Å². The van der Waals surface area contributed by atoms with Crippen LogP contribution >= 0.6 is 0 Å². The highest BCUT2D eigenvalue weighted by atomic mass is 16.1. The number of amides is 1.